The smallest absolute Gasteiger partial charge is 0.289 e. The molecule has 2 aromatic heterocycles. The molecule has 166 valence electrons. The van der Waals surface area contributed by atoms with Gasteiger partial charge in [-0.15, -0.1) is 0 Å². The molecular formula is C24H12F6N2O. The van der Waals surface area contributed by atoms with Crippen molar-refractivity contribution < 1.29 is 31.1 Å². The van der Waals surface area contributed by atoms with Gasteiger partial charge < -0.3 is 0 Å². The fraction of sp³-hybridized carbons (Fsp3) is 0.0833. The highest BCUT2D eigenvalue weighted by atomic mass is 19.4. The number of nitrogens with zero attached hydrogens (tertiary/aromatic N) is 2. The fourth-order valence-electron chi connectivity index (χ4n) is 4.05. The molecule has 3 aromatic carbocycles. The number of rotatable bonds is 2. The average molecular weight is 458 g/mol. The zero-order valence-corrected chi connectivity index (χ0v) is 16.5. The van der Waals surface area contributed by atoms with Crippen LogP contribution in [0.4, 0.5) is 26.3 Å². The third kappa shape index (κ3) is 3.31. The van der Waals surface area contributed by atoms with E-state index in [1.807, 2.05) is 0 Å². The number of benzene rings is 3. The van der Waals surface area contributed by atoms with Crippen molar-refractivity contribution >= 4 is 33.1 Å². The van der Waals surface area contributed by atoms with Crippen LogP contribution in [0, 0.1) is 0 Å². The summed E-state index contributed by atoms with van der Waals surface area (Å²) < 4.78 is 82.5. The maximum atomic E-state index is 14.0. The van der Waals surface area contributed by atoms with E-state index >= 15 is 0 Å². The maximum Gasteiger partial charge on any atom is 0.450 e. The molecule has 0 amide bonds. The molecule has 0 aliphatic rings. The fourth-order valence-corrected chi connectivity index (χ4v) is 4.05. The second-order valence-corrected chi connectivity index (χ2v) is 7.43. The Bertz CT molecular complexity index is 1560. The van der Waals surface area contributed by atoms with Gasteiger partial charge in [0.15, 0.2) is 5.78 Å². The number of carbonyl (C=O) groups is 1. The lowest BCUT2D eigenvalue weighted by Gasteiger charge is -2.13. The Morgan fingerprint density at radius 3 is 2.12 bits per heavy atom. The first kappa shape index (κ1) is 21.0. The summed E-state index contributed by atoms with van der Waals surface area (Å²) in [5, 5.41) is 0.459. The number of para-hydroxylation sites is 2. The quantitative estimate of drug-likeness (QED) is 0.213. The lowest BCUT2D eigenvalue weighted by molar-refractivity contribution is -0.145. The van der Waals surface area contributed by atoms with Crippen LogP contribution in [-0.4, -0.2) is 15.2 Å². The number of ketones is 1. The molecule has 5 rings (SSSR count). The Morgan fingerprint density at radius 2 is 1.42 bits per heavy atom. The lowest BCUT2D eigenvalue weighted by Crippen LogP contribution is -2.15. The molecule has 0 atom stereocenters. The first-order chi connectivity index (χ1) is 15.6. The van der Waals surface area contributed by atoms with Crippen LogP contribution in [0.25, 0.3) is 27.3 Å². The van der Waals surface area contributed by atoms with Crippen LogP contribution in [0.2, 0.25) is 0 Å². The zero-order valence-electron chi connectivity index (χ0n) is 16.5. The number of hydrogen-bond acceptors (Lipinski definition) is 2. The topological polar surface area (TPSA) is 34.4 Å². The number of fused-ring (bicyclic) bond motifs is 5. The molecule has 0 saturated carbocycles. The highest BCUT2D eigenvalue weighted by Crippen LogP contribution is 2.39. The summed E-state index contributed by atoms with van der Waals surface area (Å²) in [7, 11) is 0. The second kappa shape index (κ2) is 7.06. The molecule has 2 heterocycles. The SMILES string of the molecule is O=C(c1cccc(C(F)(F)F)c1)c1c2ccccc2n2c(C(F)(F)F)nc3ccccc3c12. The Kier molecular flexibility index (Phi) is 4.49. The van der Waals surface area contributed by atoms with Crippen LogP contribution in [0.1, 0.15) is 27.3 Å². The van der Waals surface area contributed by atoms with Crippen LogP contribution in [-0.2, 0) is 12.4 Å². The Labute approximate surface area is 181 Å². The third-order valence-electron chi connectivity index (χ3n) is 5.40. The number of aromatic nitrogens is 2. The van der Waals surface area contributed by atoms with Crippen LogP contribution in [0.15, 0.2) is 72.8 Å². The Balaban J connectivity index is 1.94. The largest absolute Gasteiger partial charge is 0.450 e. The van der Waals surface area contributed by atoms with Crippen molar-refractivity contribution in [3.63, 3.8) is 0 Å². The summed E-state index contributed by atoms with van der Waals surface area (Å²) in [5.74, 6) is -2.04. The average Bonchev–Trinajstić information content (AvgIpc) is 3.12. The Morgan fingerprint density at radius 1 is 0.758 bits per heavy atom. The van der Waals surface area contributed by atoms with Crippen molar-refractivity contribution in [1.29, 1.82) is 0 Å². The molecule has 0 bridgehead atoms. The van der Waals surface area contributed by atoms with Gasteiger partial charge in [0.05, 0.1) is 27.7 Å². The molecule has 0 saturated heterocycles. The molecule has 3 nitrogen and oxygen atoms in total. The molecule has 5 aromatic rings. The van der Waals surface area contributed by atoms with E-state index in [1.165, 1.54) is 42.5 Å². The van der Waals surface area contributed by atoms with Gasteiger partial charge in [-0.1, -0.05) is 48.5 Å². The van der Waals surface area contributed by atoms with E-state index in [4.69, 9.17) is 0 Å². The van der Waals surface area contributed by atoms with Crippen LogP contribution in [0.5, 0.6) is 0 Å². The minimum atomic E-state index is -4.85. The van der Waals surface area contributed by atoms with Crippen molar-refractivity contribution in [3.8, 4) is 0 Å². The number of halogens is 6. The van der Waals surface area contributed by atoms with E-state index in [1.54, 1.807) is 12.1 Å². The van der Waals surface area contributed by atoms with E-state index in [0.29, 0.717) is 6.07 Å². The monoisotopic (exact) mass is 458 g/mol. The van der Waals surface area contributed by atoms with Crippen LogP contribution in [0.3, 0.4) is 0 Å². The van der Waals surface area contributed by atoms with E-state index in [2.05, 4.69) is 4.98 Å². The normalized spacial score (nSPS) is 12.7. The molecule has 0 unspecified atom stereocenters. The van der Waals surface area contributed by atoms with Crippen molar-refractivity contribution in [2.24, 2.45) is 0 Å². The summed E-state index contributed by atoms with van der Waals surface area (Å²) in [5.41, 5.74) is -1.39. The standard InChI is InChI=1S/C24H12F6N2O/c25-23(26,27)14-7-5-6-13(12-14)21(33)19-16-9-2-4-11-18(16)32-20(19)15-8-1-3-10-17(15)31-22(32)24(28,29)30/h1-12H. The Hall–Kier alpha value is -3.88. The second-order valence-electron chi connectivity index (χ2n) is 7.43. The summed E-state index contributed by atoms with van der Waals surface area (Å²) >= 11 is 0. The highest BCUT2D eigenvalue weighted by Gasteiger charge is 2.38. The van der Waals surface area contributed by atoms with Gasteiger partial charge in [-0.25, -0.2) is 4.98 Å². The van der Waals surface area contributed by atoms with Gasteiger partial charge >= 0.3 is 12.4 Å². The number of alkyl halides is 6. The maximum absolute atomic E-state index is 14.0. The summed E-state index contributed by atoms with van der Waals surface area (Å²) in [4.78, 5) is 17.3. The predicted molar refractivity (Wildman–Crippen MR) is 110 cm³/mol. The van der Waals surface area contributed by atoms with Gasteiger partial charge in [0.25, 0.3) is 0 Å². The third-order valence-corrected chi connectivity index (χ3v) is 5.40. The van der Waals surface area contributed by atoms with Crippen LogP contribution >= 0.6 is 0 Å². The molecule has 0 radical (unpaired) electrons. The van der Waals surface area contributed by atoms with Gasteiger partial charge in [-0.05, 0) is 24.3 Å². The molecule has 9 heteroatoms. The minimum Gasteiger partial charge on any atom is -0.289 e. The predicted octanol–water partition coefficient (Wildman–Crippen LogP) is 6.91. The van der Waals surface area contributed by atoms with Crippen LogP contribution < -0.4 is 0 Å². The van der Waals surface area contributed by atoms with Gasteiger partial charge in [0.1, 0.15) is 0 Å². The van der Waals surface area contributed by atoms with Crippen molar-refractivity contribution in [1.82, 2.24) is 9.38 Å². The van der Waals surface area contributed by atoms with E-state index in [-0.39, 0.29) is 38.4 Å². The summed E-state index contributed by atoms with van der Waals surface area (Å²) in [6.45, 7) is 0. The van der Waals surface area contributed by atoms with E-state index in [0.717, 1.165) is 16.5 Å². The van der Waals surface area contributed by atoms with Crippen molar-refractivity contribution in [3.05, 3.63) is 95.3 Å². The zero-order chi connectivity index (χ0) is 23.5. The van der Waals surface area contributed by atoms with Crippen molar-refractivity contribution in [2.75, 3.05) is 0 Å². The molecule has 0 N–H and O–H groups in total. The lowest BCUT2D eigenvalue weighted by atomic mass is 9.98. The number of hydrogen-bond donors (Lipinski definition) is 0. The molecule has 0 fully saturated rings. The molecule has 0 aliphatic carbocycles. The van der Waals surface area contributed by atoms with Gasteiger partial charge in [-0.3, -0.25) is 9.20 Å². The highest BCUT2D eigenvalue weighted by molar-refractivity contribution is 6.25. The van der Waals surface area contributed by atoms with Gasteiger partial charge in [0, 0.05) is 16.3 Å². The molecular weight excluding hydrogens is 446 g/mol. The summed E-state index contributed by atoms with van der Waals surface area (Å²) in [6, 6.07) is 15.8. The van der Waals surface area contributed by atoms with E-state index < -0.39 is 29.5 Å². The number of carbonyl (C=O) groups excluding carboxylic acids is 1. The molecule has 0 spiro atoms. The van der Waals surface area contributed by atoms with E-state index in [9.17, 15) is 31.1 Å². The summed E-state index contributed by atoms with van der Waals surface area (Å²) in [6.07, 6.45) is -9.53. The van der Waals surface area contributed by atoms with Crippen molar-refractivity contribution in [2.45, 2.75) is 12.4 Å². The molecule has 0 aliphatic heterocycles. The van der Waals surface area contributed by atoms with Gasteiger partial charge in [0.2, 0.25) is 5.82 Å². The first-order valence-electron chi connectivity index (χ1n) is 9.68. The minimum absolute atomic E-state index is 0.0122. The van der Waals surface area contributed by atoms with Gasteiger partial charge in [-0.2, -0.15) is 26.3 Å². The first-order valence-corrected chi connectivity index (χ1v) is 9.68. The molecule has 33 heavy (non-hydrogen) atoms.